The van der Waals surface area contributed by atoms with Crippen molar-refractivity contribution in [1.82, 2.24) is 15.2 Å². The van der Waals surface area contributed by atoms with Gasteiger partial charge in [-0.1, -0.05) is 6.07 Å². The predicted molar refractivity (Wildman–Crippen MR) is 71.5 cm³/mol. The Bertz CT molecular complexity index is 361. The molecule has 0 saturated carbocycles. The van der Waals surface area contributed by atoms with E-state index in [4.69, 9.17) is 0 Å². The first-order valence-electron chi connectivity index (χ1n) is 6.78. The lowest BCUT2D eigenvalue weighted by Gasteiger charge is -2.13. The molecule has 0 atom stereocenters. The normalized spacial score (nSPS) is 15.8. The zero-order valence-corrected chi connectivity index (χ0v) is 10.8. The molecule has 2 heterocycles. The van der Waals surface area contributed by atoms with Crippen LogP contribution in [-0.4, -0.2) is 42.0 Å². The predicted octanol–water partition coefficient (Wildman–Crippen LogP) is 1.69. The topological polar surface area (TPSA) is 45.2 Å². The average Bonchev–Trinajstić information content (AvgIpc) is 2.92. The van der Waals surface area contributed by atoms with E-state index >= 15 is 0 Å². The van der Waals surface area contributed by atoms with E-state index in [1.807, 2.05) is 12.1 Å². The maximum Gasteiger partial charge on any atom is 0.269 e. The van der Waals surface area contributed by atoms with E-state index in [-0.39, 0.29) is 5.91 Å². The van der Waals surface area contributed by atoms with Crippen molar-refractivity contribution in [3.8, 4) is 0 Å². The molecule has 0 unspecified atom stereocenters. The summed E-state index contributed by atoms with van der Waals surface area (Å²) >= 11 is 0. The number of nitrogens with one attached hydrogen (secondary N) is 1. The third-order valence-corrected chi connectivity index (χ3v) is 3.28. The molecule has 0 radical (unpaired) electrons. The van der Waals surface area contributed by atoms with Crippen molar-refractivity contribution >= 4 is 5.91 Å². The summed E-state index contributed by atoms with van der Waals surface area (Å²) in [6.07, 6.45) is 6.52. The van der Waals surface area contributed by atoms with Crippen molar-refractivity contribution in [2.45, 2.75) is 25.7 Å². The van der Waals surface area contributed by atoms with Crippen LogP contribution < -0.4 is 5.32 Å². The number of aromatic nitrogens is 1. The van der Waals surface area contributed by atoms with Crippen molar-refractivity contribution in [2.75, 3.05) is 26.2 Å². The molecule has 0 aromatic carbocycles. The molecule has 18 heavy (non-hydrogen) atoms. The van der Waals surface area contributed by atoms with Crippen LogP contribution in [0.5, 0.6) is 0 Å². The van der Waals surface area contributed by atoms with Gasteiger partial charge in [-0.3, -0.25) is 9.78 Å². The Kier molecular flexibility index (Phi) is 5.15. The van der Waals surface area contributed by atoms with Crippen LogP contribution in [-0.2, 0) is 0 Å². The minimum absolute atomic E-state index is 0.0724. The van der Waals surface area contributed by atoms with Crippen molar-refractivity contribution < 1.29 is 4.79 Å². The van der Waals surface area contributed by atoms with E-state index in [1.54, 1.807) is 12.3 Å². The smallest absolute Gasteiger partial charge is 0.269 e. The van der Waals surface area contributed by atoms with Crippen molar-refractivity contribution in [3.05, 3.63) is 30.1 Å². The van der Waals surface area contributed by atoms with Gasteiger partial charge in [-0.05, 0) is 57.5 Å². The molecule has 1 fully saturated rings. The molecule has 1 aliphatic heterocycles. The number of likely N-dealkylation sites (tertiary alicyclic amines) is 1. The van der Waals surface area contributed by atoms with E-state index in [2.05, 4.69) is 15.2 Å². The molecular formula is C14H21N3O. The third kappa shape index (κ3) is 4.11. The minimum atomic E-state index is -0.0724. The lowest BCUT2D eigenvalue weighted by atomic mass is 10.3. The van der Waals surface area contributed by atoms with Gasteiger partial charge in [0.2, 0.25) is 0 Å². The summed E-state index contributed by atoms with van der Waals surface area (Å²) in [6, 6.07) is 5.38. The Hall–Kier alpha value is -1.42. The van der Waals surface area contributed by atoms with E-state index < -0.39 is 0 Å². The van der Waals surface area contributed by atoms with Gasteiger partial charge in [0.15, 0.2) is 0 Å². The number of amides is 1. The summed E-state index contributed by atoms with van der Waals surface area (Å²) in [7, 11) is 0. The molecule has 0 spiro atoms. The van der Waals surface area contributed by atoms with Gasteiger partial charge >= 0.3 is 0 Å². The van der Waals surface area contributed by atoms with Gasteiger partial charge in [-0.25, -0.2) is 0 Å². The SMILES string of the molecule is O=C(NCCCCN1CCCC1)c1ccccn1. The van der Waals surface area contributed by atoms with Gasteiger partial charge in [-0.15, -0.1) is 0 Å². The van der Waals surface area contributed by atoms with Crippen molar-refractivity contribution in [1.29, 1.82) is 0 Å². The van der Waals surface area contributed by atoms with Crippen LogP contribution in [0.1, 0.15) is 36.2 Å². The van der Waals surface area contributed by atoms with E-state index in [1.165, 1.54) is 32.5 Å². The Morgan fingerprint density at radius 3 is 2.83 bits per heavy atom. The molecule has 4 nitrogen and oxygen atoms in total. The Morgan fingerprint density at radius 2 is 2.11 bits per heavy atom. The molecule has 1 saturated heterocycles. The summed E-state index contributed by atoms with van der Waals surface area (Å²) < 4.78 is 0. The minimum Gasteiger partial charge on any atom is -0.351 e. The lowest BCUT2D eigenvalue weighted by molar-refractivity contribution is 0.0947. The molecular weight excluding hydrogens is 226 g/mol. The second-order valence-electron chi connectivity index (χ2n) is 4.73. The number of nitrogens with zero attached hydrogens (tertiary/aromatic N) is 2. The largest absolute Gasteiger partial charge is 0.351 e. The maximum atomic E-state index is 11.7. The van der Waals surface area contributed by atoms with Gasteiger partial charge < -0.3 is 10.2 Å². The van der Waals surface area contributed by atoms with Crippen LogP contribution >= 0.6 is 0 Å². The zero-order valence-electron chi connectivity index (χ0n) is 10.8. The molecule has 1 amide bonds. The second-order valence-corrected chi connectivity index (χ2v) is 4.73. The molecule has 0 bridgehead atoms. The number of carbonyl (C=O) groups excluding carboxylic acids is 1. The highest BCUT2D eigenvalue weighted by molar-refractivity contribution is 5.92. The number of hydrogen-bond acceptors (Lipinski definition) is 3. The van der Waals surface area contributed by atoms with E-state index in [0.29, 0.717) is 5.69 Å². The van der Waals surface area contributed by atoms with Crippen LogP contribution in [0.15, 0.2) is 24.4 Å². The number of rotatable bonds is 6. The number of carbonyl (C=O) groups is 1. The summed E-state index contributed by atoms with van der Waals surface area (Å²) in [5, 5.41) is 2.90. The first-order chi connectivity index (χ1) is 8.86. The summed E-state index contributed by atoms with van der Waals surface area (Å²) in [5.41, 5.74) is 0.497. The van der Waals surface area contributed by atoms with Crippen LogP contribution in [0.4, 0.5) is 0 Å². The van der Waals surface area contributed by atoms with Gasteiger partial charge in [0.25, 0.3) is 5.91 Å². The first kappa shape index (κ1) is 13.0. The molecule has 1 aromatic rings. The molecule has 1 aromatic heterocycles. The fourth-order valence-corrected chi connectivity index (χ4v) is 2.26. The first-order valence-corrected chi connectivity index (χ1v) is 6.78. The fraction of sp³-hybridized carbons (Fsp3) is 0.571. The molecule has 4 heteroatoms. The maximum absolute atomic E-state index is 11.7. The lowest BCUT2D eigenvalue weighted by Crippen LogP contribution is -2.26. The molecule has 1 N–H and O–H groups in total. The highest BCUT2D eigenvalue weighted by Crippen LogP contribution is 2.07. The number of hydrogen-bond donors (Lipinski definition) is 1. The van der Waals surface area contributed by atoms with Gasteiger partial charge in [0.05, 0.1) is 0 Å². The highest BCUT2D eigenvalue weighted by Gasteiger charge is 2.10. The van der Waals surface area contributed by atoms with E-state index in [9.17, 15) is 4.79 Å². The monoisotopic (exact) mass is 247 g/mol. The molecule has 1 aliphatic rings. The Morgan fingerprint density at radius 1 is 1.28 bits per heavy atom. The van der Waals surface area contributed by atoms with Crippen LogP contribution in [0.25, 0.3) is 0 Å². The van der Waals surface area contributed by atoms with Crippen LogP contribution in [0.2, 0.25) is 0 Å². The molecule has 2 rings (SSSR count). The quantitative estimate of drug-likeness (QED) is 0.778. The van der Waals surface area contributed by atoms with Crippen LogP contribution in [0, 0.1) is 0 Å². The van der Waals surface area contributed by atoms with E-state index in [0.717, 1.165) is 19.4 Å². The number of pyridine rings is 1. The fourth-order valence-electron chi connectivity index (χ4n) is 2.26. The van der Waals surface area contributed by atoms with Crippen molar-refractivity contribution in [2.24, 2.45) is 0 Å². The summed E-state index contributed by atoms with van der Waals surface area (Å²) in [5.74, 6) is -0.0724. The van der Waals surface area contributed by atoms with Crippen molar-refractivity contribution in [3.63, 3.8) is 0 Å². The third-order valence-electron chi connectivity index (χ3n) is 3.28. The highest BCUT2D eigenvalue weighted by atomic mass is 16.1. The zero-order chi connectivity index (χ0) is 12.6. The average molecular weight is 247 g/mol. The standard InChI is InChI=1S/C14H21N3O/c18-14(13-7-1-2-8-15-13)16-9-3-4-10-17-11-5-6-12-17/h1-2,7-8H,3-6,9-12H2,(H,16,18). The second kappa shape index (κ2) is 7.11. The summed E-state index contributed by atoms with van der Waals surface area (Å²) in [4.78, 5) is 18.2. The molecule has 98 valence electrons. The Balaban J connectivity index is 1.56. The number of unbranched alkanes of at least 4 members (excludes halogenated alkanes) is 1. The van der Waals surface area contributed by atoms with Gasteiger partial charge in [0, 0.05) is 12.7 Å². The van der Waals surface area contributed by atoms with Gasteiger partial charge in [-0.2, -0.15) is 0 Å². The van der Waals surface area contributed by atoms with Crippen LogP contribution in [0.3, 0.4) is 0 Å². The summed E-state index contributed by atoms with van der Waals surface area (Å²) in [6.45, 7) is 4.41. The Labute approximate surface area is 108 Å². The van der Waals surface area contributed by atoms with Gasteiger partial charge in [0.1, 0.15) is 5.69 Å². The molecule has 0 aliphatic carbocycles.